The van der Waals surface area contributed by atoms with E-state index in [0.717, 1.165) is 25.7 Å². The van der Waals surface area contributed by atoms with Crippen molar-refractivity contribution in [1.82, 2.24) is 0 Å². The SMILES string of the molecule is CCCCCCCC/C=C/CCCCCCCC([O-])=NCCS(=O)(=O)O.[K+]. The van der Waals surface area contributed by atoms with E-state index < -0.39 is 15.9 Å². The van der Waals surface area contributed by atoms with Crippen LogP contribution in [0.25, 0.3) is 0 Å². The van der Waals surface area contributed by atoms with E-state index in [-0.39, 0.29) is 63.8 Å². The van der Waals surface area contributed by atoms with Gasteiger partial charge in [0.1, 0.15) is 0 Å². The van der Waals surface area contributed by atoms with Crippen LogP contribution in [0.15, 0.2) is 17.1 Å². The van der Waals surface area contributed by atoms with Crippen LogP contribution < -0.4 is 56.5 Å². The molecule has 0 radical (unpaired) electrons. The fourth-order valence-corrected chi connectivity index (χ4v) is 3.03. The fraction of sp³-hybridized carbons (Fsp3) is 0.850. The van der Waals surface area contributed by atoms with Crippen molar-refractivity contribution in [2.24, 2.45) is 4.99 Å². The molecule has 0 aliphatic carbocycles. The number of unbranched alkanes of at least 4 members (excludes halogenated alkanes) is 11. The van der Waals surface area contributed by atoms with E-state index in [1.54, 1.807) is 0 Å². The Morgan fingerprint density at radius 1 is 0.889 bits per heavy atom. The molecule has 0 atom stereocenters. The molecule has 0 spiro atoms. The fourth-order valence-electron chi connectivity index (χ4n) is 2.71. The summed E-state index contributed by atoms with van der Waals surface area (Å²) in [6.07, 6.45) is 20.7. The summed E-state index contributed by atoms with van der Waals surface area (Å²) in [5.74, 6) is -0.753. The Hall–Kier alpha value is 0.756. The molecule has 0 amide bonds. The summed E-state index contributed by atoms with van der Waals surface area (Å²) >= 11 is 0. The van der Waals surface area contributed by atoms with Gasteiger partial charge in [-0.25, -0.2) is 0 Å². The van der Waals surface area contributed by atoms with E-state index >= 15 is 0 Å². The van der Waals surface area contributed by atoms with E-state index in [4.69, 9.17) is 4.55 Å². The van der Waals surface area contributed by atoms with Crippen LogP contribution in [0, 0.1) is 0 Å². The smallest absolute Gasteiger partial charge is 0.862 e. The Morgan fingerprint density at radius 3 is 1.89 bits per heavy atom. The summed E-state index contributed by atoms with van der Waals surface area (Å²) in [5.41, 5.74) is 0. The minimum Gasteiger partial charge on any atom is -0.862 e. The maximum atomic E-state index is 11.4. The summed E-state index contributed by atoms with van der Waals surface area (Å²) in [4.78, 5) is 3.63. The summed E-state index contributed by atoms with van der Waals surface area (Å²) < 4.78 is 29.5. The van der Waals surface area contributed by atoms with Crippen molar-refractivity contribution < 1.29 is 69.5 Å². The number of hydrogen-bond acceptors (Lipinski definition) is 4. The molecule has 0 saturated heterocycles. The van der Waals surface area contributed by atoms with Crippen molar-refractivity contribution in [1.29, 1.82) is 0 Å². The Kier molecular flexibility index (Phi) is 23.8. The largest absolute Gasteiger partial charge is 1.00 e. The van der Waals surface area contributed by atoms with Crippen LogP contribution in [0.1, 0.15) is 96.8 Å². The zero-order valence-corrected chi connectivity index (χ0v) is 21.4. The zero-order valence-electron chi connectivity index (χ0n) is 17.5. The second-order valence-corrected chi connectivity index (χ2v) is 8.47. The van der Waals surface area contributed by atoms with E-state index in [1.165, 1.54) is 57.8 Å². The van der Waals surface area contributed by atoms with Crippen LogP contribution in [-0.4, -0.2) is 31.2 Å². The van der Waals surface area contributed by atoms with E-state index in [1.807, 2.05) is 0 Å². The first-order valence-corrected chi connectivity index (χ1v) is 11.9. The van der Waals surface area contributed by atoms with Gasteiger partial charge < -0.3 is 10.1 Å². The molecule has 5 nitrogen and oxygen atoms in total. The normalized spacial score (nSPS) is 12.4. The van der Waals surface area contributed by atoms with Gasteiger partial charge in [0.2, 0.25) is 0 Å². The molecule has 0 bridgehead atoms. The first-order chi connectivity index (χ1) is 12.5. The van der Waals surface area contributed by atoms with Gasteiger partial charge in [-0.1, -0.05) is 70.4 Å². The monoisotopic (exact) mass is 427 g/mol. The Labute approximate surface area is 209 Å². The number of aliphatic imine (C=N–C) groups is 1. The van der Waals surface area contributed by atoms with E-state index in [0.29, 0.717) is 6.42 Å². The first-order valence-electron chi connectivity index (χ1n) is 10.3. The minimum atomic E-state index is -4.02. The summed E-state index contributed by atoms with van der Waals surface area (Å²) in [6.45, 7) is 2.10. The molecule has 0 aromatic heterocycles. The predicted octanol–water partition coefficient (Wildman–Crippen LogP) is 1.67. The molecule has 0 aromatic carbocycles. The van der Waals surface area contributed by atoms with Crippen molar-refractivity contribution in [3.05, 3.63) is 12.2 Å². The van der Waals surface area contributed by atoms with Crippen LogP contribution in [0.3, 0.4) is 0 Å². The second-order valence-electron chi connectivity index (χ2n) is 6.90. The molecule has 154 valence electrons. The molecule has 0 rings (SSSR count). The van der Waals surface area contributed by atoms with Crippen molar-refractivity contribution >= 4 is 16.0 Å². The maximum absolute atomic E-state index is 11.4. The molecular weight excluding hydrogens is 389 g/mol. The van der Waals surface area contributed by atoms with Gasteiger partial charge in [-0.15, -0.1) is 0 Å². The molecule has 7 heteroatoms. The van der Waals surface area contributed by atoms with Gasteiger partial charge in [0.15, 0.2) is 0 Å². The van der Waals surface area contributed by atoms with Gasteiger partial charge in [-0.2, -0.15) is 8.42 Å². The summed E-state index contributed by atoms with van der Waals surface area (Å²) in [6, 6.07) is 0. The van der Waals surface area contributed by atoms with Gasteiger partial charge >= 0.3 is 51.4 Å². The van der Waals surface area contributed by atoms with Crippen molar-refractivity contribution in [3.63, 3.8) is 0 Å². The van der Waals surface area contributed by atoms with Gasteiger partial charge in [0.25, 0.3) is 10.1 Å². The summed E-state index contributed by atoms with van der Waals surface area (Å²) in [5, 5.41) is 11.4. The second kappa shape index (κ2) is 21.5. The van der Waals surface area contributed by atoms with Gasteiger partial charge in [0.05, 0.1) is 12.3 Å². The topological polar surface area (TPSA) is 89.8 Å². The zero-order chi connectivity index (χ0) is 19.5. The van der Waals surface area contributed by atoms with Crippen LogP contribution in [0.4, 0.5) is 0 Å². The Morgan fingerprint density at radius 2 is 1.37 bits per heavy atom. The number of nitrogens with zero attached hydrogens (tertiary/aromatic N) is 1. The van der Waals surface area contributed by atoms with E-state index in [2.05, 4.69) is 24.1 Å². The van der Waals surface area contributed by atoms with E-state index in [9.17, 15) is 13.5 Å². The third-order valence-electron chi connectivity index (χ3n) is 4.29. The number of rotatable bonds is 18. The third kappa shape index (κ3) is 26.8. The quantitative estimate of drug-likeness (QED) is 0.0900. The Balaban J connectivity index is 0. The molecule has 0 heterocycles. The van der Waals surface area contributed by atoms with Crippen molar-refractivity contribution in [2.45, 2.75) is 96.8 Å². The van der Waals surface area contributed by atoms with Gasteiger partial charge in [-0.05, 0) is 44.4 Å². The van der Waals surface area contributed by atoms with Crippen LogP contribution in [-0.2, 0) is 10.1 Å². The maximum Gasteiger partial charge on any atom is 1.00 e. The average molecular weight is 428 g/mol. The number of allylic oxidation sites excluding steroid dienone is 2. The summed E-state index contributed by atoms with van der Waals surface area (Å²) in [7, 11) is -4.02. The molecule has 0 aliphatic rings. The average Bonchev–Trinajstić information content (AvgIpc) is 2.57. The van der Waals surface area contributed by atoms with Gasteiger partial charge in [0, 0.05) is 0 Å². The number of hydrogen-bond donors (Lipinski definition) is 1. The van der Waals surface area contributed by atoms with Crippen LogP contribution >= 0.6 is 0 Å². The molecule has 0 aliphatic heterocycles. The molecule has 0 unspecified atom stereocenters. The van der Waals surface area contributed by atoms with Crippen LogP contribution in [0.2, 0.25) is 0 Å². The van der Waals surface area contributed by atoms with Crippen molar-refractivity contribution in [3.8, 4) is 0 Å². The molecule has 1 N–H and O–H groups in total. The Bertz CT molecular complexity index is 478. The molecule has 0 saturated carbocycles. The molecular formula is C20H38KNO4S. The predicted molar refractivity (Wildman–Crippen MR) is 108 cm³/mol. The van der Waals surface area contributed by atoms with Crippen molar-refractivity contribution in [2.75, 3.05) is 12.3 Å². The first kappa shape index (κ1) is 30.0. The molecule has 27 heavy (non-hydrogen) atoms. The standard InChI is InChI=1S/C20H39NO4S.K/c1-2-3-4-5-6-7-8-9-10-11-12-13-14-15-16-17-20(22)21-18-19-26(23,24)25;/h9-10H,2-8,11-19H2,1H3,(H,21,22)(H,23,24,25);/q;+1/p-1/b10-9+;. The molecule has 0 aromatic rings. The third-order valence-corrected chi connectivity index (χ3v) is 4.99. The molecule has 0 fully saturated rings. The van der Waals surface area contributed by atoms with Crippen LogP contribution in [0.5, 0.6) is 0 Å². The minimum absolute atomic E-state index is 0. The van der Waals surface area contributed by atoms with Gasteiger partial charge in [-0.3, -0.25) is 4.55 Å².